The minimum Gasteiger partial charge on any atom is -0.358 e. The zero-order chi connectivity index (χ0) is 13.7. The van der Waals surface area contributed by atoms with Crippen LogP contribution in [0.3, 0.4) is 0 Å². The summed E-state index contributed by atoms with van der Waals surface area (Å²) in [7, 11) is 2.02. The van der Waals surface area contributed by atoms with Crippen molar-refractivity contribution < 1.29 is 0 Å². The molecule has 2 aromatic rings. The normalized spacial score (nSPS) is 13.0. The standard InChI is InChI=1S/C16H25N3/c1-4-13(9-17-3)10-18-11-15-12(2)19-16-8-6-5-7-14(15)16/h5-8,13,17-19H,4,9-11H2,1-3H3. The number of hydrogen-bond donors (Lipinski definition) is 3. The fourth-order valence-electron chi connectivity index (χ4n) is 2.61. The van der Waals surface area contributed by atoms with Crippen LogP contribution in [0.15, 0.2) is 24.3 Å². The molecule has 3 nitrogen and oxygen atoms in total. The predicted molar refractivity (Wildman–Crippen MR) is 82.5 cm³/mol. The minimum absolute atomic E-state index is 0.704. The highest BCUT2D eigenvalue weighted by atomic mass is 14.9. The van der Waals surface area contributed by atoms with Crippen LogP contribution in [-0.2, 0) is 6.54 Å². The number of para-hydroxylation sites is 1. The largest absolute Gasteiger partial charge is 0.358 e. The Morgan fingerprint density at radius 1 is 1.21 bits per heavy atom. The van der Waals surface area contributed by atoms with E-state index in [2.05, 4.69) is 53.7 Å². The molecular formula is C16H25N3. The van der Waals surface area contributed by atoms with Crippen LogP contribution in [0.25, 0.3) is 10.9 Å². The average molecular weight is 259 g/mol. The molecule has 0 fully saturated rings. The van der Waals surface area contributed by atoms with Gasteiger partial charge in [-0.15, -0.1) is 0 Å². The fourth-order valence-corrected chi connectivity index (χ4v) is 2.61. The number of aryl methyl sites for hydroxylation is 1. The second-order valence-electron chi connectivity index (χ2n) is 5.24. The molecule has 0 radical (unpaired) electrons. The molecule has 0 spiro atoms. The maximum absolute atomic E-state index is 3.60. The Labute approximate surface area is 115 Å². The van der Waals surface area contributed by atoms with Gasteiger partial charge in [-0.25, -0.2) is 0 Å². The van der Waals surface area contributed by atoms with Crippen LogP contribution in [0.5, 0.6) is 0 Å². The molecule has 0 amide bonds. The molecule has 0 bridgehead atoms. The molecule has 0 aliphatic heterocycles. The van der Waals surface area contributed by atoms with Crippen LogP contribution in [0.1, 0.15) is 24.6 Å². The van der Waals surface area contributed by atoms with Gasteiger partial charge in [-0.05, 0) is 44.6 Å². The van der Waals surface area contributed by atoms with E-state index in [1.165, 1.54) is 28.6 Å². The van der Waals surface area contributed by atoms with Gasteiger partial charge in [0.1, 0.15) is 0 Å². The summed E-state index contributed by atoms with van der Waals surface area (Å²) in [5, 5.41) is 8.20. The fraction of sp³-hybridized carbons (Fsp3) is 0.500. The first-order chi connectivity index (χ1) is 9.26. The summed E-state index contributed by atoms with van der Waals surface area (Å²) in [6, 6.07) is 8.52. The second kappa shape index (κ2) is 6.73. The molecule has 0 saturated heterocycles. The van der Waals surface area contributed by atoms with E-state index in [9.17, 15) is 0 Å². The molecule has 0 aliphatic carbocycles. The Hall–Kier alpha value is -1.32. The Morgan fingerprint density at radius 3 is 2.74 bits per heavy atom. The third-order valence-corrected chi connectivity index (χ3v) is 3.83. The lowest BCUT2D eigenvalue weighted by Crippen LogP contribution is -2.29. The van der Waals surface area contributed by atoms with Crippen LogP contribution in [-0.4, -0.2) is 25.1 Å². The van der Waals surface area contributed by atoms with Gasteiger partial charge in [0.15, 0.2) is 0 Å². The maximum Gasteiger partial charge on any atom is 0.0459 e. The Bertz CT molecular complexity index is 516. The first-order valence-corrected chi connectivity index (χ1v) is 7.17. The smallest absolute Gasteiger partial charge is 0.0459 e. The molecule has 0 aliphatic rings. The number of rotatable bonds is 7. The van der Waals surface area contributed by atoms with Gasteiger partial charge >= 0.3 is 0 Å². The van der Waals surface area contributed by atoms with Crippen LogP contribution in [0.4, 0.5) is 0 Å². The van der Waals surface area contributed by atoms with E-state index in [1.54, 1.807) is 0 Å². The lowest BCUT2D eigenvalue weighted by Gasteiger charge is -2.15. The van der Waals surface area contributed by atoms with Gasteiger partial charge in [0, 0.05) is 23.1 Å². The van der Waals surface area contributed by atoms with Crippen LogP contribution < -0.4 is 10.6 Å². The molecule has 1 heterocycles. The average Bonchev–Trinajstić information content (AvgIpc) is 2.74. The molecule has 1 aromatic carbocycles. The van der Waals surface area contributed by atoms with Crippen molar-refractivity contribution in [3.8, 4) is 0 Å². The molecular weight excluding hydrogens is 234 g/mol. The molecule has 3 N–H and O–H groups in total. The van der Waals surface area contributed by atoms with Crippen molar-refractivity contribution in [1.82, 2.24) is 15.6 Å². The van der Waals surface area contributed by atoms with E-state index in [0.29, 0.717) is 5.92 Å². The third kappa shape index (κ3) is 3.37. The van der Waals surface area contributed by atoms with Crippen molar-refractivity contribution in [2.75, 3.05) is 20.1 Å². The summed E-state index contributed by atoms with van der Waals surface area (Å²) in [6.07, 6.45) is 1.21. The lowest BCUT2D eigenvalue weighted by molar-refractivity contribution is 0.445. The summed E-state index contributed by atoms with van der Waals surface area (Å²) >= 11 is 0. The number of benzene rings is 1. The van der Waals surface area contributed by atoms with Crippen molar-refractivity contribution in [2.45, 2.75) is 26.8 Å². The molecule has 1 atom stereocenters. The summed E-state index contributed by atoms with van der Waals surface area (Å²) in [6.45, 7) is 7.49. The summed E-state index contributed by atoms with van der Waals surface area (Å²) in [5.41, 5.74) is 3.91. The Morgan fingerprint density at radius 2 is 2.00 bits per heavy atom. The van der Waals surface area contributed by atoms with E-state index in [0.717, 1.165) is 19.6 Å². The zero-order valence-corrected chi connectivity index (χ0v) is 12.2. The Balaban J connectivity index is 1.99. The first kappa shape index (κ1) is 14.1. The number of aromatic nitrogens is 1. The molecule has 1 unspecified atom stereocenters. The quantitative estimate of drug-likeness (QED) is 0.715. The van der Waals surface area contributed by atoms with E-state index < -0.39 is 0 Å². The molecule has 0 saturated carbocycles. The van der Waals surface area contributed by atoms with E-state index in [1.807, 2.05) is 7.05 Å². The zero-order valence-electron chi connectivity index (χ0n) is 12.2. The van der Waals surface area contributed by atoms with Gasteiger partial charge in [-0.1, -0.05) is 31.5 Å². The van der Waals surface area contributed by atoms with E-state index >= 15 is 0 Å². The number of nitrogens with one attached hydrogen (secondary N) is 3. The van der Waals surface area contributed by atoms with Crippen molar-refractivity contribution in [1.29, 1.82) is 0 Å². The number of fused-ring (bicyclic) bond motifs is 1. The van der Waals surface area contributed by atoms with E-state index in [-0.39, 0.29) is 0 Å². The number of aromatic amines is 1. The summed E-state index contributed by atoms with van der Waals surface area (Å²) in [4.78, 5) is 3.45. The topological polar surface area (TPSA) is 39.8 Å². The highest BCUT2D eigenvalue weighted by molar-refractivity contribution is 5.84. The van der Waals surface area contributed by atoms with Crippen molar-refractivity contribution in [3.05, 3.63) is 35.5 Å². The molecule has 3 heteroatoms. The van der Waals surface area contributed by atoms with Gasteiger partial charge in [-0.3, -0.25) is 0 Å². The maximum atomic E-state index is 3.60. The number of hydrogen-bond acceptors (Lipinski definition) is 2. The molecule has 19 heavy (non-hydrogen) atoms. The van der Waals surface area contributed by atoms with Crippen molar-refractivity contribution in [2.24, 2.45) is 5.92 Å². The lowest BCUT2D eigenvalue weighted by atomic mass is 10.1. The summed E-state index contributed by atoms with van der Waals surface area (Å²) in [5.74, 6) is 0.704. The molecule has 2 rings (SSSR count). The predicted octanol–water partition coefficient (Wildman–Crippen LogP) is 2.81. The van der Waals surface area contributed by atoms with Gasteiger partial charge in [0.05, 0.1) is 0 Å². The van der Waals surface area contributed by atoms with Gasteiger partial charge < -0.3 is 15.6 Å². The summed E-state index contributed by atoms with van der Waals surface area (Å²) < 4.78 is 0. The SMILES string of the molecule is CCC(CNC)CNCc1c(C)[nH]c2ccccc12. The highest BCUT2D eigenvalue weighted by Gasteiger charge is 2.09. The Kier molecular flexibility index (Phi) is 5.00. The van der Waals surface area contributed by atoms with Gasteiger partial charge in [-0.2, -0.15) is 0 Å². The molecule has 104 valence electrons. The van der Waals surface area contributed by atoms with E-state index in [4.69, 9.17) is 0 Å². The highest BCUT2D eigenvalue weighted by Crippen LogP contribution is 2.21. The van der Waals surface area contributed by atoms with Crippen LogP contribution >= 0.6 is 0 Å². The van der Waals surface area contributed by atoms with Gasteiger partial charge in [0.2, 0.25) is 0 Å². The first-order valence-electron chi connectivity index (χ1n) is 7.17. The molecule has 1 aromatic heterocycles. The van der Waals surface area contributed by atoms with Crippen molar-refractivity contribution in [3.63, 3.8) is 0 Å². The van der Waals surface area contributed by atoms with Gasteiger partial charge in [0.25, 0.3) is 0 Å². The van der Waals surface area contributed by atoms with Crippen LogP contribution in [0, 0.1) is 12.8 Å². The minimum atomic E-state index is 0.704. The monoisotopic (exact) mass is 259 g/mol. The number of H-pyrrole nitrogens is 1. The van der Waals surface area contributed by atoms with Crippen molar-refractivity contribution >= 4 is 10.9 Å². The second-order valence-corrected chi connectivity index (χ2v) is 5.24. The third-order valence-electron chi connectivity index (χ3n) is 3.83. The van der Waals surface area contributed by atoms with Crippen LogP contribution in [0.2, 0.25) is 0 Å².